The van der Waals surface area contributed by atoms with Crippen LogP contribution in [0.4, 0.5) is 0 Å². The van der Waals surface area contributed by atoms with Crippen LogP contribution in [-0.4, -0.2) is 65.0 Å². The Kier molecular flexibility index (Phi) is 11.6. The molecule has 0 aromatic heterocycles. The topological polar surface area (TPSA) is 159 Å². The van der Waals surface area contributed by atoms with Crippen LogP contribution in [0.15, 0.2) is 35.4 Å². The van der Waals surface area contributed by atoms with E-state index in [1.54, 1.807) is 24.3 Å². The third kappa shape index (κ3) is 6.96. The van der Waals surface area contributed by atoms with Crippen molar-refractivity contribution in [3.8, 4) is 0 Å². The van der Waals surface area contributed by atoms with Gasteiger partial charge in [-0.25, -0.2) is 0 Å². The van der Waals surface area contributed by atoms with Crippen molar-refractivity contribution in [3.05, 3.63) is 46.0 Å². The van der Waals surface area contributed by atoms with Crippen molar-refractivity contribution >= 4 is 41.1 Å². The van der Waals surface area contributed by atoms with E-state index in [9.17, 15) is 34.2 Å². The third-order valence-corrected chi connectivity index (χ3v) is 18.6. The highest BCUT2D eigenvalue weighted by molar-refractivity contribution is 6.30. The standard InChI is InChI=1S/C49H69ClN2O8/c1-27(2)39-34(54)23-49(24-38(55)51-25-30(26-53)52-41(56)28-10-12-29(50)13-11-28)21-20-47(8)31(40(39)49)14-15-36-46(7)18-17-37(45(5,6)35(46)16-19-48(36,47)9)60-43(59)33-22-32(42(57)58)44(33,3)4/h10-13,27,30-33,35-37,53H,14-26H2,1-9H3,(H,51,55)(H,52,56)(H,57,58)/t30-,31-,32+,33-,35+,36-,37+,46+,47-,48-,49+/m1/s1. The van der Waals surface area contributed by atoms with Crippen LogP contribution in [0.2, 0.25) is 5.02 Å². The molecule has 1 aromatic carbocycles. The number of halogens is 1. The monoisotopic (exact) mass is 848 g/mol. The van der Waals surface area contributed by atoms with Gasteiger partial charge in [0.25, 0.3) is 5.91 Å². The average Bonchev–Trinajstić information content (AvgIpc) is 3.45. The van der Waals surface area contributed by atoms with Crippen molar-refractivity contribution in [2.75, 3.05) is 13.2 Å². The molecule has 5 saturated carbocycles. The number of fused-ring (bicyclic) bond motifs is 7. The van der Waals surface area contributed by atoms with Gasteiger partial charge >= 0.3 is 11.9 Å². The molecule has 0 bridgehead atoms. The number of carboxylic acids is 1. The first-order chi connectivity index (χ1) is 28.0. The number of Topliss-reactive ketones (excluding diaryl/α,β-unsaturated/α-hetero) is 1. The molecule has 4 N–H and O–H groups in total. The van der Waals surface area contributed by atoms with Crippen LogP contribution < -0.4 is 10.6 Å². The van der Waals surface area contributed by atoms with Crippen LogP contribution in [-0.2, 0) is 23.9 Å². The Bertz CT molecular complexity index is 1960. The second kappa shape index (κ2) is 15.5. The summed E-state index contributed by atoms with van der Waals surface area (Å²) in [5, 5.41) is 26.1. The van der Waals surface area contributed by atoms with Gasteiger partial charge < -0.3 is 25.6 Å². The molecular formula is C49H69ClN2O8. The summed E-state index contributed by atoms with van der Waals surface area (Å²) in [4.78, 5) is 66.4. The predicted molar refractivity (Wildman–Crippen MR) is 230 cm³/mol. The molecule has 330 valence electrons. The van der Waals surface area contributed by atoms with Crippen LogP contribution in [0.1, 0.15) is 143 Å². The Hall–Kier alpha value is -3.24. The van der Waals surface area contributed by atoms with Gasteiger partial charge in [0.2, 0.25) is 5.91 Å². The number of nitrogens with one attached hydrogen (secondary N) is 2. The van der Waals surface area contributed by atoms with E-state index in [-0.39, 0.29) is 82.7 Å². The van der Waals surface area contributed by atoms with E-state index in [2.05, 4.69) is 59.1 Å². The summed E-state index contributed by atoms with van der Waals surface area (Å²) in [6.07, 6.45) is 8.14. The van der Waals surface area contributed by atoms with Gasteiger partial charge in [-0.15, -0.1) is 0 Å². The van der Waals surface area contributed by atoms with Crippen molar-refractivity contribution in [2.24, 2.45) is 68.0 Å². The zero-order chi connectivity index (χ0) is 44.0. The maximum absolute atomic E-state index is 14.1. The summed E-state index contributed by atoms with van der Waals surface area (Å²) in [6.45, 7) is 19.8. The summed E-state index contributed by atoms with van der Waals surface area (Å²) in [7, 11) is 0. The fourth-order valence-corrected chi connectivity index (χ4v) is 14.9. The second-order valence-corrected chi connectivity index (χ2v) is 22.5. The molecule has 1 aromatic rings. The number of ketones is 1. The second-order valence-electron chi connectivity index (χ2n) is 22.1. The minimum absolute atomic E-state index is 0.00561. The number of carbonyl (C=O) groups is 5. The quantitative estimate of drug-likeness (QED) is 0.161. The molecule has 10 nitrogen and oxygen atoms in total. The smallest absolute Gasteiger partial charge is 0.309 e. The number of carboxylic acid groups (broad SMARTS) is 1. The minimum Gasteiger partial charge on any atom is -0.481 e. The average molecular weight is 850 g/mol. The number of carbonyl (C=O) groups excluding carboxylic acids is 4. The molecule has 0 saturated heterocycles. The summed E-state index contributed by atoms with van der Waals surface area (Å²) in [5.74, 6) is -1.40. The van der Waals surface area contributed by atoms with Gasteiger partial charge in [-0.3, -0.25) is 24.0 Å². The molecule has 0 aliphatic heterocycles. The van der Waals surface area contributed by atoms with Gasteiger partial charge in [0.1, 0.15) is 6.10 Å². The molecule has 0 radical (unpaired) electrons. The molecule has 5 fully saturated rings. The summed E-state index contributed by atoms with van der Waals surface area (Å²) in [6, 6.07) is 5.80. The Morgan fingerprint density at radius 1 is 0.850 bits per heavy atom. The number of aliphatic hydroxyl groups is 1. The van der Waals surface area contributed by atoms with E-state index >= 15 is 0 Å². The van der Waals surface area contributed by atoms with Gasteiger partial charge in [-0.1, -0.05) is 79.5 Å². The maximum atomic E-state index is 14.1. The molecule has 6 aliphatic carbocycles. The highest BCUT2D eigenvalue weighted by atomic mass is 35.5. The lowest BCUT2D eigenvalue weighted by Crippen LogP contribution is -2.66. The number of aliphatic hydroxyl groups excluding tert-OH is 1. The number of ether oxygens (including phenoxy) is 1. The van der Waals surface area contributed by atoms with Crippen LogP contribution >= 0.6 is 11.6 Å². The first-order valence-corrected chi connectivity index (χ1v) is 23.0. The number of benzene rings is 1. The van der Waals surface area contributed by atoms with Gasteiger partial charge in [0, 0.05) is 40.8 Å². The minimum atomic E-state index is -0.848. The lowest BCUT2D eigenvalue weighted by molar-refractivity contribution is -0.236. The molecule has 11 atom stereocenters. The van der Waals surface area contributed by atoms with E-state index in [4.69, 9.17) is 16.3 Å². The van der Waals surface area contributed by atoms with Gasteiger partial charge in [-0.05, 0) is 133 Å². The molecule has 11 heteroatoms. The van der Waals surface area contributed by atoms with E-state index in [1.807, 2.05) is 13.8 Å². The molecule has 0 unspecified atom stereocenters. The number of rotatable bonds is 11. The SMILES string of the molecule is CC(C)C1=C2[C@H]3CC[C@@H]4[C@@]5(C)CC[C@H](OC(=O)[C@H]6C[C@@H](C(=O)O)C6(C)C)C(C)(C)[C@@H]5CC[C@@]4(C)[C@]3(C)CC[C@@]2(CC(=O)NC[C@H](CO)NC(=O)c2ccc(Cl)cc2)CC1=O. The Morgan fingerprint density at radius 3 is 2.15 bits per heavy atom. The van der Waals surface area contributed by atoms with E-state index in [0.717, 1.165) is 56.9 Å². The summed E-state index contributed by atoms with van der Waals surface area (Å²) in [5.41, 5.74) is 1.06. The fourth-order valence-electron chi connectivity index (χ4n) is 14.7. The molecule has 0 heterocycles. The van der Waals surface area contributed by atoms with Crippen molar-refractivity contribution < 1.29 is 38.9 Å². The largest absolute Gasteiger partial charge is 0.481 e. The van der Waals surface area contributed by atoms with Crippen molar-refractivity contribution in [3.63, 3.8) is 0 Å². The Morgan fingerprint density at radius 2 is 1.53 bits per heavy atom. The fraction of sp³-hybridized carbons (Fsp3) is 0.735. The van der Waals surface area contributed by atoms with Crippen molar-refractivity contribution in [1.29, 1.82) is 0 Å². The number of esters is 1. The lowest BCUT2D eigenvalue weighted by atomic mass is 9.33. The normalized spacial score (nSPS) is 38.0. The van der Waals surface area contributed by atoms with E-state index in [1.165, 1.54) is 5.57 Å². The van der Waals surface area contributed by atoms with Gasteiger partial charge in [-0.2, -0.15) is 0 Å². The summed E-state index contributed by atoms with van der Waals surface area (Å²) >= 11 is 5.99. The molecule has 6 aliphatic rings. The van der Waals surface area contributed by atoms with E-state index < -0.39 is 34.7 Å². The third-order valence-electron chi connectivity index (χ3n) is 18.3. The lowest BCUT2D eigenvalue weighted by Gasteiger charge is -2.72. The molecule has 0 spiro atoms. The van der Waals surface area contributed by atoms with E-state index in [0.29, 0.717) is 35.3 Å². The number of hydrogen-bond acceptors (Lipinski definition) is 7. The molecular weight excluding hydrogens is 780 g/mol. The van der Waals surface area contributed by atoms with Crippen molar-refractivity contribution in [1.82, 2.24) is 10.6 Å². The predicted octanol–water partition coefficient (Wildman–Crippen LogP) is 8.58. The van der Waals surface area contributed by atoms with Crippen LogP contribution in [0.25, 0.3) is 0 Å². The molecule has 60 heavy (non-hydrogen) atoms. The van der Waals surface area contributed by atoms with Crippen LogP contribution in [0.3, 0.4) is 0 Å². The van der Waals surface area contributed by atoms with Gasteiger partial charge in [0.15, 0.2) is 5.78 Å². The van der Waals surface area contributed by atoms with Crippen LogP contribution in [0.5, 0.6) is 0 Å². The zero-order valence-corrected chi connectivity index (χ0v) is 38.1. The number of hydrogen-bond donors (Lipinski definition) is 4. The highest BCUT2D eigenvalue weighted by Crippen LogP contribution is 2.77. The first kappa shape index (κ1) is 44.8. The first-order valence-electron chi connectivity index (χ1n) is 22.6. The van der Waals surface area contributed by atoms with Crippen molar-refractivity contribution in [2.45, 2.75) is 145 Å². The summed E-state index contributed by atoms with van der Waals surface area (Å²) < 4.78 is 6.41. The number of amides is 2. The van der Waals surface area contributed by atoms with Crippen LogP contribution in [0, 0.1) is 68.0 Å². The molecule has 7 rings (SSSR count). The zero-order valence-electron chi connectivity index (χ0n) is 37.3. The Balaban J connectivity index is 1.08. The number of aliphatic carboxylic acids is 1. The maximum Gasteiger partial charge on any atom is 0.309 e. The highest BCUT2D eigenvalue weighted by Gasteiger charge is 2.70. The number of allylic oxidation sites excluding steroid dienone is 2. The Labute approximate surface area is 361 Å². The van der Waals surface area contributed by atoms with Gasteiger partial charge in [0.05, 0.1) is 24.5 Å². The molecule has 2 amide bonds.